The van der Waals surface area contributed by atoms with Crippen LogP contribution >= 0.6 is 15.9 Å². The van der Waals surface area contributed by atoms with Crippen LogP contribution in [0.5, 0.6) is 0 Å². The SMILES string of the molecule is CCS(=O)(=O)N(c1cc(Br)c(C(=O)c2ccc(F)cc2)cc1F)S(=O)(=O)CC. The molecule has 0 saturated heterocycles. The molecule has 0 N–H and O–H groups in total. The lowest BCUT2D eigenvalue weighted by Gasteiger charge is -2.23. The summed E-state index contributed by atoms with van der Waals surface area (Å²) in [6.45, 7) is 2.46. The molecule has 152 valence electrons. The Bertz CT molecular complexity index is 1080. The van der Waals surface area contributed by atoms with Gasteiger partial charge in [-0.25, -0.2) is 25.6 Å². The number of hydrogen-bond acceptors (Lipinski definition) is 5. The van der Waals surface area contributed by atoms with Crippen molar-refractivity contribution >= 4 is 47.4 Å². The fourth-order valence-corrected chi connectivity index (χ4v) is 6.19. The van der Waals surface area contributed by atoms with Crippen molar-refractivity contribution in [2.75, 3.05) is 15.2 Å². The first-order valence-electron chi connectivity index (χ1n) is 7.99. The Morgan fingerprint density at radius 1 is 0.964 bits per heavy atom. The maximum Gasteiger partial charge on any atom is 0.248 e. The molecular weight excluding hydrogens is 480 g/mol. The summed E-state index contributed by atoms with van der Waals surface area (Å²) in [5, 5.41) is 0. The molecule has 2 rings (SSSR count). The Labute approximate surface area is 170 Å². The number of carbonyl (C=O) groups excluding carboxylic acids is 1. The van der Waals surface area contributed by atoms with Gasteiger partial charge in [-0.15, -0.1) is 0 Å². The lowest BCUT2D eigenvalue weighted by Crippen LogP contribution is -2.39. The number of halogens is 3. The van der Waals surface area contributed by atoms with Crippen molar-refractivity contribution in [1.82, 2.24) is 0 Å². The van der Waals surface area contributed by atoms with E-state index < -0.39 is 54.7 Å². The van der Waals surface area contributed by atoms with Crippen LogP contribution in [-0.2, 0) is 20.0 Å². The van der Waals surface area contributed by atoms with Crippen LogP contribution in [0.15, 0.2) is 40.9 Å². The maximum atomic E-state index is 14.8. The number of benzene rings is 2. The number of sulfonamides is 2. The molecule has 0 aliphatic rings. The highest BCUT2D eigenvalue weighted by Gasteiger charge is 2.34. The standard InChI is InChI=1S/C17H16BrF2NO5S2/c1-3-27(23,24)21(28(25,26)4-2)16-10-14(18)13(9-15(16)20)17(22)11-5-7-12(19)8-6-11/h5-10H,3-4H2,1-2H3. The van der Waals surface area contributed by atoms with E-state index >= 15 is 0 Å². The monoisotopic (exact) mass is 495 g/mol. The first-order chi connectivity index (χ1) is 12.9. The Morgan fingerprint density at radius 2 is 1.46 bits per heavy atom. The summed E-state index contributed by atoms with van der Waals surface area (Å²) in [6, 6.07) is 6.22. The first kappa shape index (κ1) is 22.4. The Balaban J connectivity index is 2.64. The number of carbonyl (C=O) groups is 1. The van der Waals surface area contributed by atoms with Crippen LogP contribution in [0, 0.1) is 11.6 Å². The fourth-order valence-electron chi connectivity index (χ4n) is 2.31. The molecule has 0 spiro atoms. The molecule has 0 aliphatic carbocycles. The van der Waals surface area contributed by atoms with Crippen LogP contribution in [-0.4, -0.2) is 34.1 Å². The number of ketones is 1. The molecule has 0 heterocycles. The van der Waals surface area contributed by atoms with Crippen molar-refractivity contribution in [2.24, 2.45) is 0 Å². The lowest BCUT2D eigenvalue weighted by atomic mass is 10.0. The van der Waals surface area contributed by atoms with Gasteiger partial charge in [0.1, 0.15) is 17.3 Å². The minimum absolute atomic E-state index is 0.0131. The van der Waals surface area contributed by atoms with E-state index in [1.165, 1.54) is 26.0 Å². The van der Waals surface area contributed by atoms with E-state index in [2.05, 4.69) is 15.9 Å². The average molecular weight is 496 g/mol. The van der Waals surface area contributed by atoms with Crippen LogP contribution in [0.3, 0.4) is 0 Å². The molecule has 2 aromatic rings. The van der Waals surface area contributed by atoms with E-state index in [0.29, 0.717) is 0 Å². The number of anilines is 1. The predicted octanol–water partition coefficient (Wildman–Crippen LogP) is 3.46. The van der Waals surface area contributed by atoms with Gasteiger partial charge >= 0.3 is 0 Å². The smallest absolute Gasteiger partial charge is 0.248 e. The van der Waals surface area contributed by atoms with Crippen LogP contribution < -0.4 is 3.71 Å². The van der Waals surface area contributed by atoms with Gasteiger partial charge in [-0.2, -0.15) is 3.71 Å². The highest BCUT2D eigenvalue weighted by molar-refractivity contribution is 9.10. The summed E-state index contributed by atoms with van der Waals surface area (Å²) >= 11 is 3.06. The molecule has 0 radical (unpaired) electrons. The van der Waals surface area contributed by atoms with Crippen molar-refractivity contribution in [3.8, 4) is 0 Å². The molecule has 0 aromatic heterocycles. The van der Waals surface area contributed by atoms with Gasteiger partial charge in [-0.1, -0.05) is 0 Å². The highest BCUT2D eigenvalue weighted by Crippen LogP contribution is 2.32. The van der Waals surface area contributed by atoms with Crippen LogP contribution in [0.4, 0.5) is 14.5 Å². The summed E-state index contributed by atoms with van der Waals surface area (Å²) in [6.07, 6.45) is 0. The molecule has 0 amide bonds. The van der Waals surface area contributed by atoms with Gasteiger partial charge in [0.2, 0.25) is 20.0 Å². The molecule has 11 heteroatoms. The molecule has 0 atom stereocenters. The summed E-state index contributed by atoms with van der Waals surface area (Å²) < 4.78 is 77.0. The van der Waals surface area contributed by atoms with Gasteiger partial charge in [0.25, 0.3) is 0 Å². The van der Waals surface area contributed by atoms with E-state index in [4.69, 9.17) is 0 Å². The van der Waals surface area contributed by atoms with Gasteiger partial charge in [0.15, 0.2) is 5.78 Å². The second-order valence-electron chi connectivity index (χ2n) is 5.62. The van der Waals surface area contributed by atoms with Crippen LogP contribution in [0.1, 0.15) is 29.8 Å². The summed E-state index contributed by atoms with van der Waals surface area (Å²) in [4.78, 5) is 12.5. The van der Waals surface area contributed by atoms with Gasteiger partial charge in [0, 0.05) is 15.6 Å². The van der Waals surface area contributed by atoms with E-state index in [1.807, 2.05) is 0 Å². The van der Waals surface area contributed by atoms with Crippen LogP contribution in [0.25, 0.3) is 0 Å². The van der Waals surface area contributed by atoms with E-state index in [0.717, 1.165) is 24.3 Å². The largest absolute Gasteiger partial charge is 0.289 e. The first-order valence-corrected chi connectivity index (χ1v) is 12.0. The van der Waals surface area contributed by atoms with Crippen LogP contribution in [0.2, 0.25) is 0 Å². The Hall–Kier alpha value is -1.85. The zero-order chi connectivity index (χ0) is 21.3. The predicted molar refractivity (Wildman–Crippen MR) is 105 cm³/mol. The highest BCUT2D eigenvalue weighted by atomic mass is 79.9. The van der Waals surface area contributed by atoms with E-state index in [1.54, 1.807) is 0 Å². The molecule has 2 aromatic carbocycles. The third-order valence-electron chi connectivity index (χ3n) is 3.82. The number of rotatable bonds is 7. The summed E-state index contributed by atoms with van der Waals surface area (Å²) in [5.74, 6) is -3.55. The zero-order valence-electron chi connectivity index (χ0n) is 14.8. The Morgan fingerprint density at radius 3 is 1.93 bits per heavy atom. The van der Waals surface area contributed by atoms with Gasteiger partial charge < -0.3 is 0 Å². The summed E-state index contributed by atoms with van der Waals surface area (Å²) in [5.41, 5.74) is -0.810. The van der Waals surface area contributed by atoms with Gasteiger partial charge in [0.05, 0.1) is 11.5 Å². The van der Waals surface area contributed by atoms with E-state index in [-0.39, 0.29) is 19.3 Å². The van der Waals surface area contributed by atoms with Crippen molar-refractivity contribution in [3.63, 3.8) is 0 Å². The average Bonchev–Trinajstić information content (AvgIpc) is 2.64. The number of nitrogens with zero attached hydrogens (tertiary/aromatic N) is 1. The molecule has 0 saturated carbocycles. The zero-order valence-corrected chi connectivity index (χ0v) is 18.0. The van der Waals surface area contributed by atoms with E-state index in [9.17, 15) is 30.4 Å². The minimum Gasteiger partial charge on any atom is -0.289 e. The van der Waals surface area contributed by atoms with Crippen molar-refractivity contribution < 1.29 is 30.4 Å². The normalized spacial score (nSPS) is 12.0. The van der Waals surface area contributed by atoms with Crippen molar-refractivity contribution in [2.45, 2.75) is 13.8 Å². The second-order valence-corrected chi connectivity index (χ2v) is 10.9. The minimum atomic E-state index is -4.35. The molecule has 0 bridgehead atoms. The molecule has 6 nitrogen and oxygen atoms in total. The molecular formula is C17H16BrF2NO5S2. The fraction of sp³-hybridized carbons (Fsp3) is 0.235. The third-order valence-corrected chi connectivity index (χ3v) is 8.70. The second kappa shape index (κ2) is 8.26. The van der Waals surface area contributed by atoms with Crippen molar-refractivity contribution in [1.29, 1.82) is 0 Å². The van der Waals surface area contributed by atoms with Gasteiger partial charge in [-0.3, -0.25) is 4.79 Å². The number of hydrogen-bond donors (Lipinski definition) is 0. The quantitative estimate of drug-likeness (QED) is 0.548. The Kier molecular flexibility index (Phi) is 6.62. The molecule has 28 heavy (non-hydrogen) atoms. The lowest BCUT2D eigenvalue weighted by molar-refractivity contribution is 0.103. The maximum absolute atomic E-state index is 14.8. The van der Waals surface area contributed by atoms with Crippen molar-refractivity contribution in [3.05, 3.63) is 63.6 Å². The molecule has 0 fully saturated rings. The molecule has 0 unspecified atom stereocenters. The van der Waals surface area contributed by atoms with Gasteiger partial charge in [-0.05, 0) is 66.2 Å². The molecule has 0 aliphatic heterocycles. The summed E-state index contributed by atoms with van der Waals surface area (Å²) in [7, 11) is -8.71. The third kappa shape index (κ3) is 4.41. The topological polar surface area (TPSA) is 88.6 Å².